The van der Waals surface area contributed by atoms with Crippen molar-refractivity contribution < 1.29 is 23.7 Å². The van der Waals surface area contributed by atoms with Gasteiger partial charge in [0.2, 0.25) is 0 Å². The van der Waals surface area contributed by atoms with Gasteiger partial charge in [-0.2, -0.15) is 0 Å². The number of hydrogen-bond donors (Lipinski definition) is 0. The summed E-state index contributed by atoms with van der Waals surface area (Å²) in [6.45, 7) is 0. The number of ether oxygens (including phenoxy) is 4. The molecule has 25 heavy (non-hydrogen) atoms. The molecule has 0 fully saturated rings. The summed E-state index contributed by atoms with van der Waals surface area (Å²) in [5, 5.41) is 0.399. The lowest BCUT2D eigenvalue weighted by Crippen LogP contribution is -1.99. The summed E-state index contributed by atoms with van der Waals surface area (Å²) in [6, 6.07) is 8.45. The summed E-state index contributed by atoms with van der Waals surface area (Å²) in [7, 11) is 6.09. The molecule has 0 heterocycles. The molecule has 0 amide bonds. The molecular weight excluding hydrogens is 344 g/mol. The van der Waals surface area contributed by atoms with Crippen LogP contribution in [0.25, 0.3) is 6.08 Å². The van der Waals surface area contributed by atoms with Gasteiger partial charge in [-0.25, -0.2) is 0 Å². The van der Waals surface area contributed by atoms with Gasteiger partial charge in [0.05, 0.1) is 39.0 Å². The molecule has 0 aliphatic carbocycles. The number of halogens is 1. The van der Waals surface area contributed by atoms with E-state index in [-0.39, 0.29) is 5.78 Å². The quantitative estimate of drug-likeness (QED) is 0.544. The molecule has 0 radical (unpaired) electrons. The Bertz CT molecular complexity index is 799. The number of methoxy groups -OCH3 is 4. The highest BCUT2D eigenvalue weighted by Gasteiger charge is 2.12. The van der Waals surface area contributed by atoms with Crippen LogP contribution in [-0.4, -0.2) is 34.2 Å². The highest BCUT2D eigenvalue weighted by Crippen LogP contribution is 2.36. The minimum atomic E-state index is -0.203. The normalized spacial score (nSPS) is 10.6. The van der Waals surface area contributed by atoms with Gasteiger partial charge in [-0.05, 0) is 35.9 Å². The molecule has 0 aromatic heterocycles. The second kappa shape index (κ2) is 8.44. The van der Waals surface area contributed by atoms with Crippen LogP contribution >= 0.6 is 11.6 Å². The number of ketones is 1. The highest BCUT2D eigenvalue weighted by molar-refractivity contribution is 6.32. The van der Waals surface area contributed by atoms with Gasteiger partial charge in [0.1, 0.15) is 11.5 Å². The molecule has 0 spiro atoms. The third-order valence-corrected chi connectivity index (χ3v) is 3.84. The van der Waals surface area contributed by atoms with Gasteiger partial charge >= 0.3 is 0 Å². The van der Waals surface area contributed by atoms with Crippen molar-refractivity contribution in [3.63, 3.8) is 0 Å². The predicted octanol–water partition coefficient (Wildman–Crippen LogP) is 4.27. The smallest absolute Gasteiger partial charge is 0.189 e. The minimum absolute atomic E-state index is 0.203. The number of allylic oxidation sites excluding steroid dienone is 1. The molecule has 0 saturated heterocycles. The first-order valence-corrected chi connectivity index (χ1v) is 7.77. The van der Waals surface area contributed by atoms with Crippen LogP contribution in [0.4, 0.5) is 0 Å². The predicted molar refractivity (Wildman–Crippen MR) is 97.5 cm³/mol. The van der Waals surface area contributed by atoms with Crippen molar-refractivity contribution in [3.05, 3.63) is 52.6 Å². The van der Waals surface area contributed by atoms with E-state index in [9.17, 15) is 4.79 Å². The molecule has 0 atom stereocenters. The largest absolute Gasteiger partial charge is 0.497 e. The third kappa shape index (κ3) is 4.25. The Labute approximate surface area is 151 Å². The van der Waals surface area contributed by atoms with Crippen molar-refractivity contribution >= 4 is 23.5 Å². The lowest BCUT2D eigenvalue weighted by Gasteiger charge is -2.10. The molecule has 5 nitrogen and oxygen atoms in total. The average molecular weight is 363 g/mol. The zero-order chi connectivity index (χ0) is 18.4. The number of benzene rings is 2. The third-order valence-electron chi connectivity index (χ3n) is 3.56. The molecule has 0 bridgehead atoms. The Hall–Kier alpha value is -2.66. The molecule has 0 N–H and O–H groups in total. The van der Waals surface area contributed by atoms with Crippen LogP contribution in [0.15, 0.2) is 36.4 Å². The van der Waals surface area contributed by atoms with E-state index in [1.54, 1.807) is 43.5 Å². The van der Waals surface area contributed by atoms with Crippen molar-refractivity contribution in [1.82, 2.24) is 0 Å². The summed E-state index contributed by atoms with van der Waals surface area (Å²) >= 11 is 6.17. The van der Waals surface area contributed by atoms with Gasteiger partial charge in [-0.1, -0.05) is 17.7 Å². The van der Waals surface area contributed by atoms with E-state index in [2.05, 4.69) is 0 Å². The lowest BCUT2D eigenvalue weighted by molar-refractivity contribution is 0.104. The molecular formula is C19H19ClO5. The van der Waals surface area contributed by atoms with Crippen LogP contribution in [0.5, 0.6) is 23.0 Å². The molecule has 132 valence electrons. The summed E-state index contributed by atoms with van der Waals surface area (Å²) in [5.74, 6) is 1.79. The van der Waals surface area contributed by atoms with Crippen molar-refractivity contribution in [1.29, 1.82) is 0 Å². The summed E-state index contributed by atoms with van der Waals surface area (Å²) < 4.78 is 20.8. The monoisotopic (exact) mass is 362 g/mol. The van der Waals surface area contributed by atoms with Crippen LogP contribution in [0, 0.1) is 0 Å². The zero-order valence-electron chi connectivity index (χ0n) is 14.5. The highest BCUT2D eigenvalue weighted by atomic mass is 35.5. The van der Waals surface area contributed by atoms with E-state index in [0.29, 0.717) is 39.1 Å². The molecule has 2 aromatic rings. The maximum absolute atomic E-state index is 12.5. The van der Waals surface area contributed by atoms with Crippen molar-refractivity contribution in [2.75, 3.05) is 28.4 Å². The van der Waals surface area contributed by atoms with Crippen molar-refractivity contribution in [3.8, 4) is 23.0 Å². The lowest BCUT2D eigenvalue weighted by atomic mass is 10.1. The summed E-state index contributed by atoms with van der Waals surface area (Å²) in [6.07, 6.45) is 3.10. The molecule has 0 aliphatic heterocycles. The molecule has 0 unspecified atom stereocenters. The van der Waals surface area contributed by atoms with Gasteiger partial charge in [0.15, 0.2) is 17.3 Å². The SMILES string of the molecule is COc1ccc(C(=O)/C=C/c2cc(Cl)c(OC)c(OC)c2)c(OC)c1. The Morgan fingerprint density at radius 2 is 1.64 bits per heavy atom. The Balaban J connectivity index is 2.30. The van der Waals surface area contributed by atoms with Gasteiger partial charge < -0.3 is 18.9 Å². The first kappa shape index (κ1) is 18.7. The van der Waals surface area contributed by atoms with E-state index < -0.39 is 0 Å². The first-order chi connectivity index (χ1) is 12.0. The molecule has 2 rings (SSSR count). The van der Waals surface area contributed by atoms with Gasteiger partial charge in [0.25, 0.3) is 0 Å². The molecule has 2 aromatic carbocycles. The van der Waals surface area contributed by atoms with E-state index >= 15 is 0 Å². The summed E-state index contributed by atoms with van der Waals surface area (Å²) in [5.41, 5.74) is 1.15. The first-order valence-electron chi connectivity index (χ1n) is 7.40. The Kier molecular flexibility index (Phi) is 6.31. The minimum Gasteiger partial charge on any atom is -0.497 e. The van der Waals surface area contributed by atoms with Crippen LogP contribution in [0.2, 0.25) is 5.02 Å². The van der Waals surface area contributed by atoms with Gasteiger partial charge in [-0.3, -0.25) is 4.79 Å². The molecule has 6 heteroatoms. The fourth-order valence-electron chi connectivity index (χ4n) is 2.30. The number of hydrogen-bond acceptors (Lipinski definition) is 5. The van der Waals surface area contributed by atoms with Crippen molar-refractivity contribution in [2.24, 2.45) is 0 Å². The Morgan fingerprint density at radius 1 is 0.920 bits per heavy atom. The van der Waals surface area contributed by atoms with E-state index in [1.807, 2.05) is 0 Å². The zero-order valence-corrected chi connectivity index (χ0v) is 15.2. The maximum atomic E-state index is 12.5. The molecule has 0 aliphatic rings. The Morgan fingerprint density at radius 3 is 2.24 bits per heavy atom. The van der Waals surface area contributed by atoms with E-state index in [0.717, 1.165) is 0 Å². The number of carbonyl (C=O) groups excluding carboxylic acids is 1. The van der Waals surface area contributed by atoms with Crippen LogP contribution < -0.4 is 18.9 Å². The fourth-order valence-corrected chi connectivity index (χ4v) is 2.59. The second-order valence-corrected chi connectivity index (χ2v) is 5.41. The summed E-state index contributed by atoms with van der Waals surface area (Å²) in [4.78, 5) is 12.5. The van der Waals surface area contributed by atoms with E-state index in [1.165, 1.54) is 27.4 Å². The topological polar surface area (TPSA) is 54.0 Å². The van der Waals surface area contributed by atoms with Gasteiger partial charge in [-0.15, -0.1) is 0 Å². The van der Waals surface area contributed by atoms with Crippen LogP contribution in [-0.2, 0) is 0 Å². The van der Waals surface area contributed by atoms with Gasteiger partial charge in [0, 0.05) is 6.07 Å². The average Bonchev–Trinajstić information content (AvgIpc) is 2.64. The fraction of sp³-hybridized carbons (Fsp3) is 0.211. The van der Waals surface area contributed by atoms with Crippen LogP contribution in [0.1, 0.15) is 15.9 Å². The number of rotatable bonds is 7. The standard InChI is InChI=1S/C19H19ClO5/c1-22-13-6-7-14(17(11-13)23-2)16(21)8-5-12-9-15(20)19(25-4)18(10-12)24-3/h5-11H,1-4H3/b8-5+. The number of carbonyl (C=O) groups is 1. The van der Waals surface area contributed by atoms with Crippen LogP contribution in [0.3, 0.4) is 0 Å². The molecule has 0 saturated carbocycles. The van der Waals surface area contributed by atoms with E-state index in [4.69, 9.17) is 30.5 Å². The second-order valence-electron chi connectivity index (χ2n) is 5.00. The van der Waals surface area contributed by atoms with Crippen molar-refractivity contribution in [2.45, 2.75) is 0 Å². The maximum Gasteiger partial charge on any atom is 0.189 e.